The van der Waals surface area contributed by atoms with Gasteiger partial charge in [0.2, 0.25) is 5.75 Å². The van der Waals surface area contributed by atoms with Crippen LogP contribution in [0.1, 0.15) is 5.56 Å². The fraction of sp³-hybridized carbons (Fsp3) is 0.214. The first-order chi connectivity index (χ1) is 9.65. The molecular weight excluding hydrogens is 280 g/mol. The molecule has 2 rings (SSSR count). The number of nitrogens with one attached hydrogen (secondary N) is 1. The molecule has 1 aromatic heterocycles. The number of anilines is 1. The van der Waals surface area contributed by atoms with Crippen LogP contribution >= 0.6 is 11.6 Å². The number of hydrogen-bond acceptors (Lipinski definition) is 5. The van der Waals surface area contributed by atoms with Gasteiger partial charge in [0, 0.05) is 12.7 Å². The lowest BCUT2D eigenvalue weighted by Crippen LogP contribution is -2.01. The van der Waals surface area contributed by atoms with E-state index >= 15 is 0 Å². The SMILES string of the molecule is COc1cc(CNc2cnccc2Cl)cc(OC)c1O. The van der Waals surface area contributed by atoms with Crippen LogP contribution in [0.4, 0.5) is 5.69 Å². The van der Waals surface area contributed by atoms with Gasteiger partial charge in [-0.3, -0.25) is 4.98 Å². The zero-order valence-corrected chi connectivity index (χ0v) is 11.9. The summed E-state index contributed by atoms with van der Waals surface area (Å²) < 4.78 is 10.2. The molecule has 0 bridgehead atoms. The largest absolute Gasteiger partial charge is 0.502 e. The van der Waals surface area contributed by atoms with Crippen molar-refractivity contribution in [1.29, 1.82) is 0 Å². The van der Waals surface area contributed by atoms with Gasteiger partial charge >= 0.3 is 0 Å². The number of nitrogens with zero attached hydrogens (tertiary/aromatic N) is 1. The van der Waals surface area contributed by atoms with Gasteiger partial charge in [0.1, 0.15) is 0 Å². The predicted molar refractivity (Wildman–Crippen MR) is 77.8 cm³/mol. The zero-order valence-electron chi connectivity index (χ0n) is 11.2. The first-order valence-corrected chi connectivity index (χ1v) is 6.30. The van der Waals surface area contributed by atoms with E-state index in [0.29, 0.717) is 23.1 Å². The molecular formula is C14H15ClN2O3. The summed E-state index contributed by atoms with van der Waals surface area (Å²) in [5, 5.41) is 13.6. The van der Waals surface area contributed by atoms with E-state index in [9.17, 15) is 5.11 Å². The molecule has 0 saturated carbocycles. The molecule has 0 aliphatic carbocycles. The number of phenolic OH excluding ortho intramolecular Hbond substituents is 1. The summed E-state index contributed by atoms with van der Waals surface area (Å²) in [5.74, 6) is 0.704. The Morgan fingerprint density at radius 2 is 1.90 bits per heavy atom. The quantitative estimate of drug-likeness (QED) is 0.887. The molecule has 0 saturated heterocycles. The fourth-order valence-corrected chi connectivity index (χ4v) is 1.93. The molecule has 0 atom stereocenters. The Bertz CT molecular complexity index is 580. The molecule has 20 heavy (non-hydrogen) atoms. The minimum Gasteiger partial charge on any atom is -0.502 e. The van der Waals surface area contributed by atoms with Gasteiger partial charge in [-0.25, -0.2) is 0 Å². The first kappa shape index (κ1) is 14.3. The van der Waals surface area contributed by atoms with E-state index in [2.05, 4.69) is 10.3 Å². The topological polar surface area (TPSA) is 63.6 Å². The molecule has 5 nitrogen and oxygen atoms in total. The van der Waals surface area contributed by atoms with Gasteiger partial charge in [0.15, 0.2) is 11.5 Å². The van der Waals surface area contributed by atoms with E-state index in [1.165, 1.54) is 14.2 Å². The molecule has 106 valence electrons. The average molecular weight is 295 g/mol. The minimum absolute atomic E-state index is 0.0156. The van der Waals surface area contributed by atoms with Gasteiger partial charge < -0.3 is 19.9 Å². The molecule has 1 aromatic carbocycles. The van der Waals surface area contributed by atoms with E-state index in [1.807, 2.05) is 0 Å². The number of pyridine rings is 1. The van der Waals surface area contributed by atoms with Crippen LogP contribution in [0.2, 0.25) is 5.02 Å². The number of hydrogen-bond donors (Lipinski definition) is 2. The van der Waals surface area contributed by atoms with Gasteiger partial charge in [-0.1, -0.05) is 11.6 Å². The molecule has 0 radical (unpaired) electrons. The molecule has 0 aliphatic heterocycles. The zero-order chi connectivity index (χ0) is 14.5. The van der Waals surface area contributed by atoms with Gasteiger partial charge in [0.25, 0.3) is 0 Å². The van der Waals surface area contributed by atoms with Crippen molar-refractivity contribution in [1.82, 2.24) is 4.98 Å². The first-order valence-electron chi connectivity index (χ1n) is 5.93. The van der Waals surface area contributed by atoms with E-state index in [1.54, 1.807) is 30.6 Å². The number of phenols is 1. The highest BCUT2D eigenvalue weighted by atomic mass is 35.5. The van der Waals surface area contributed by atoms with Crippen LogP contribution in [0.3, 0.4) is 0 Å². The molecule has 2 N–H and O–H groups in total. The van der Waals surface area contributed by atoms with Crippen LogP contribution in [0, 0.1) is 0 Å². The highest BCUT2D eigenvalue weighted by Crippen LogP contribution is 2.37. The smallest absolute Gasteiger partial charge is 0.200 e. The molecule has 6 heteroatoms. The van der Waals surface area contributed by atoms with Crippen molar-refractivity contribution in [2.75, 3.05) is 19.5 Å². The normalized spacial score (nSPS) is 10.2. The number of halogens is 1. The molecule has 2 aromatic rings. The van der Waals surface area contributed by atoms with Crippen LogP contribution in [0.5, 0.6) is 17.2 Å². The van der Waals surface area contributed by atoms with Gasteiger partial charge in [-0.05, 0) is 23.8 Å². The Balaban J connectivity index is 2.19. The van der Waals surface area contributed by atoms with Crippen molar-refractivity contribution in [3.8, 4) is 17.2 Å². The maximum absolute atomic E-state index is 9.84. The number of benzene rings is 1. The van der Waals surface area contributed by atoms with Crippen molar-refractivity contribution in [2.45, 2.75) is 6.54 Å². The number of aromatic hydroxyl groups is 1. The second-order valence-corrected chi connectivity index (χ2v) is 4.47. The van der Waals surface area contributed by atoms with Crippen molar-refractivity contribution in [3.63, 3.8) is 0 Å². The van der Waals surface area contributed by atoms with Crippen LogP contribution in [0.15, 0.2) is 30.6 Å². The number of aromatic nitrogens is 1. The van der Waals surface area contributed by atoms with E-state index in [-0.39, 0.29) is 5.75 Å². The Morgan fingerprint density at radius 3 is 2.45 bits per heavy atom. The van der Waals surface area contributed by atoms with Crippen molar-refractivity contribution in [3.05, 3.63) is 41.2 Å². The van der Waals surface area contributed by atoms with Crippen LogP contribution in [-0.4, -0.2) is 24.3 Å². The van der Waals surface area contributed by atoms with Crippen molar-refractivity contribution in [2.24, 2.45) is 0 Å². The Morgan fingerprint density at radius 1 is 1.25 bits per heavy atom. The Labute approximate surface area is 122 Å². The van der Waals surface area contributed by atoms with Crippen LogP contribution < -0.4 is 14.8 Å². The average Bonchev–Trinajstić information content (AvgIpc) is 2.47. The highest BCUT2D eigenvalue weighted by molar-refractivity contribution is 6.33. The summed E-state index contributed by atoms with van der Waals surface area (Å²) in [4.78, 5) is 4.00. The molecule has 0 aliphatic rings. The number of methoxy groups -OCH3 is 2. The molecule has 0 spiro atoms. The molecule has 0 fully saturated rings. The summed E-state index contributed by atoms with van der Waals surface area (Å²) in [7, 11) is 2.98. The van der Waals surface area contributed by atoms with Gasteiger partial charge in [0.05, 0.1) is 31.1 Å². The summed E-state index contributed by atoms with van der Waals surface area (Å²) >= 11 is 6.04. The lowest BCUT2D eigenvalue weighted by atomic mass is 10.1. The fourth-order valence-electron chi connectivity index (χ4n) is 1.75. The Kier molecular flexibility index (Phi) is 4.53. The van der Waals surface area contributed by atoms with E-state index in [0.717, 1.165) is 11.3 Å². The Hall–Kier alpha value is -2.14. The molecule has 0 amide bonds. The van der Waals surface area contributed by atoms with Crippen molar-refractivity contribution >= 4 is 17.3 Å². The van der Waals surface area contributed by atoms with E-state index < -0.39 is 0 Å². The van der Waals surface area contributed by atoms with Crippen molar-refractivity contribution < 1.29 is 14.6 Å². The second kappa shape index (κ2) is 6.34. The molecule has 0 unspecified atom stereocenters. The van der Waals surface area contributed by atoms with Crippen LogP contribution in [-0.2, 0) is 6.54 Å². The standard InChI is InChI=1S/C14H15ClN2O3/c1-19-12-5-9(6-13(20-2)14(12)18)7-17-11-8-16-4-3-10(11)15/h3-6,8,17-18H,7H2,1-2H3. The third kappa shape index (κ3) is 3.05. The highest BCUT2D eigenvalue weighted by Gasteiger charge is 2.11. The molecule has 1 heterocycles. The maximum Gasteiger partial charge on any atom is 0.200 e. The third-order valence-corrected chi connectivity index (χ3v) is 3.12. The minimum atomic E-state index is -0.0156. The summed E-state index contributed by atoms with van der Waals surface area (Å²) in [5.41, 5.74) is 1.62. The summed E-state index contributed by atoms with van der Waals surface area (Å²) in [6.45, 7) is 0.498. The summed E-state index contributed by atoms with van der Waals surface area (Å²) in [6, 6.07) is 5.17. The predicted octanol–water partition coefficient (Wildman–Crippen LogP) is 3.07. The second-order valence-electron chi connectivity index (χ2n) is 4.06. The van der Waals surface area contributed by atoms with Gasteiger partial charge in [-0.2, -0.15) is 0 Å². The summed E-state index contributed by atoms with van der Waals surface area (Å²) in [6.07, 6.45) is 3.28. The van der Waals surface area contributed by atoms with Gasteiger partial charge in [-0.15, -0.1) is 0 Å². The lowest BCUT2D eigenvalue weighted by Gasteiger charge is -2.12. The number of ether oxygens (including phenoxy) is 2. The van der Waals surface area contributed by atoms with Crippen LogP contribution in [0.25, 0.3) is 0 Å². The number of rotatable bonds is 5. The maximum atomic E-state index is 9.84. The monoisotopic (exact) mass is 294 g/mol. The third-order valence-electron chi connectivity index (χ3n) is 2.79. The lowest BCUT2D eigenvalue weighted by molar-refractivity contribution is 0.339. The van der Waals surface area contributed by atoms with E-state index in [4.69, 9.17) is 21.1 Å².